The summed E-state index contributed by atoms with van der Waals surface area (Å²) in [7, 11) is 0. The minimum absolute atomic E-state index is 0.0889. The minimum Gasteiger partial charge on any atom is -0.465 e. The van der Waals surface area contributed by atoms with Crippen LogP contribution >= 0.6 is 43.5 Å². The molecule has 43 heavy (non-hydrogen) atoms. The lowest BCUT2D eigenvalue weighted by molar-refractivity contribution is -0.135. The van der Waals surface area contributed by atoms with Gasteiger partial charge in [-0.05, 0) is 116 Å². The molecule has 232 valence electrons. The van der Waals surface area contributed by atoms with Crippen molar-refractivity contribution in [3.8, 4) is 0 Å². The third-order valence-corrected chi connectivity index (χ3v) is 10.5. The number of halogens is 3. The summed E-state index contributed by atoms with van der Waals surface area (Å²) in [6.07, 6.45) is 5.52. The highest BCUT2D eigenvalue weighted by Crippen LogP contribution is 2.46. The summed E-state index contributed by atoms with van der Waals surface area (Å²) >= 11 is 13.9. The van der Waals surface area contributed by atoms with Crippen molar-refractivity contribution < 1.29 is 19.5 Å². The maximum Gasteiger partial charge on any atom is 0.408 e. The standard InChI is InChI=1S/C32H39Br2ClN4O4/c1-32(2,3)39(31(42)43)18-27(41)38-9-6-19(17-38)12-26(40)37-10-7-20(8-11-37)29-28-21(14-24(35)15-25(28)34)4-5-22-13-23(33)16-36-30(22)29/h13-16,19-20,29H,4-12,17-18H2,1-3H3,(H,42,43)/t19-,29?/m0/s1. The molecule has 0 spiro atoms. The van der Waals surface area contributed by atoms with Gasteiger partial charge >= 0.3 is 6.09 Å². The monoisotopic (exact) mass is 736 g/mol. The smallest absolute Gasteiger partial charge is 0.408 e. The lowest BCUT2D eigenvalue weighted by Gasteiger charge is -2.37. The van der Waals surface area contributed by atoms with Gasteiger partial charge in [0.2, 0.25) is 11.8 Å². The number of amides is 3. The fourth-order valence-corrected chi connectivity index (χ4v) is 8.44. The number of aromatic nitrogens is 1. The van der Waals surface area contributed by atoms with E-state index in [9.17, 15) is 19.5 Å². The number of benzene rings is 1. The van der Waals surface area contributed by atoms with Crippen molar-refractivity contribution >= 4 is 61.4 Å². The SMILES string of the molecule is CC(C)(C)N(CC(=O)N1CC[C@@H](CC(=O)N2CCC(C3c4ncc(Br)cc4CCc4cc(Cl)cc(Br)c43)CC2)C1)C(=O)O. The van der Waals surface area contributed by atoms with Gasteiger partial charge in [0.05, 0.1) is 5.69 Å². The second-order valence-electron chi connectivity index (χ2n) is 13.1. The zero-order chi connectivity index (χ0) is 31.1. The summed E-state index contributed by atoms with van der Waals surface area (Å²) in [4.78, 5) is 47.8. The van der Waals surface area contributed by atoms with Crippen molar-refractivity contribution in [3.05, 3.63) is 60.7 Å². The molecule has 2 saturated heterocycles. The topological polar surface area (TPSA) is 94.1 Å². The molecular formula is C32H39Br2ClN4O4. The Bertz CT molecular complexity index is 1410. The maximum atomic E-state index is 13.4. The van der Waals surface area contributed by atoms with E-state index in [-0.39, 0.29) is 30.2 Å². The number of carboxylic acid groups (broad SMARTS) is 1. The van der Waals surface area contributed by atoms with Gasteiger partial charge in [-0.3, -0.25) is 19.5 Å². The van der Waals surface area contributed by atoms with E-state index in [1.165, 1.54) is 21.6 Å². The van der Waals surface area contributed by atoms with E-state index in [0.29, 0.717) is 38.5 Å². The molecule has 1 aromatic carbocycles. The molecule has 1 aliphatic carbocycles. The third kappa shape index (κ3) is 7.22. The number of aryl methyl sites for hydroxylation is 2. The van der Waals surface area contributed by atoms with Crippen LogP contribution in [0.2, 0.25) is 5.02 Å². The molecule has 2 atom stereocenters. The van der Waals surface area contributed by atoms with Crippen LogP contribution < -0.4 is 0 Å². The third-order valence-electron chi connectivity index (χ3n) is 9.22. The molecule has 2 aromatic rings. The van der Waals surface area contributed by atoms with Gasteiger partial charge in [-0.2, -0.15) is 0 Å². The van der Waals surface area contributed by atoms with E-state index in [0.717, 1.165) is 51.8 Å². The van der Waals surface area contributed by atoms with Crippen LogP contribution in [0.3, 0.4) is 0 Å². The largest absolute Gasteiger partial charge is 0.465 e. The van der Waals surface area contributed by atoms with Crippen LogP contribution in [0.15, 0.2) is 33.3 Å². The Morgan fingerprint density at radius 1 is 1.00 bits per heavy atom. The van der Waals surface area contributed by atoms with E-state index in [4.69, 9.17) is 16.6 Å². The van der Waals surface area contributed by atoms with E-state index in [1.54, 1.807) is 25.7 Å². The Balaban J connectivity index is 1.22. The highest BCUT2D eigenvalue weighted by atomic mass is 79.9. The molecule has 8 nitrogen and oxygen atoms in total. The van der Waals surface area contributed by atoms with E-state index in [2.05, 4.69) is 44.0 Å². The van der Waals surface area contributed by atoms with Crippen LogP contribution in [0.1, 0.15) is 74.8 Å². The van der Waals surface area contributed by atoms with Crippen LogP contribution in [-0.2, 0) is 22.4 Å². The number of rotatable bonds is 5. The highest BCUT2D eigenvalue weighted by molar-refractivity contribution is 9.10. The second-order valence-corrected chi connectivity index (χ2v) is 15.3. The number of hydrogen-bond donors (Lipinski definition) is 1. The Kier molecular flexibility index (Phi) is 9.78. The maximum absolute atomic E-state index is 13.4. The molecular weight excluding hydrogens is 700 g/mol. The first-order valence-electron chi connectivity index (χ1n) is 15.0. The van der Waals surface area contributed by atoms with E-state index < -0.39 is 11.6 Å². The summed E-state index contributed by atoms with van der Waals surface area (Å²) in [5, 5.41) is 10.3. The summed E-state index contributed by atoms with van der Waals surface area (Å²) in [6.45, 7) is 7.60. The highest BCUT2D eigenvalue weighted by Gasteiger charge is 2.38. The predicted molar refractivity (Wildman–Crippen MR) is 173 cm³/mol. The summed E-state index contributed by atoms with van der Waals surface area (Å²) in [5.41, 5.74) is 4.24. The van der Waals surface area contributed by atoms with Crippen LogP contribution in [0, 0.1) is 11.8 Å². The molecule has 5 rings (SSSR count). The molecule has 0 bridgehead atoms. The van der Waals surface area contributed by atoms with Gasteiger partial charge in [0.25, 0.3) is 0 Å². The zero-order valence-electron chi connectivity index (χ0n) is 24.9. The average Bonchev–Trinajstić information content (AvgIpc) is 3.33. The van der Waals surface area contributed by atoms with Crippen LogP contribution in [0.25, 0.3) is 0 Å². The second kappa shape index (κ2) is 13.1. The Labute approximate surface area is 275 Å². The summed E-state index contributed by atoms with van der Waals surface area (Å²) in [5.74, 6) is 0.482. The number of likely N-dealkylation sites (tertiary alicyclic amines) is 2. The number of pyridine rings is 1. The molecule has 3 heterocycles. The molecule has 11 heteroatoms. The van der Waals surface area contributed by atoms with Crippen molar-refractivity contribution in [2.24, 2.45) is 11.8 Å². The van der Waals surface area contributed by atoms with E-state index >= 15 is 0 Å². The first kappa shape index (κ1) is 32.2. The van der Waals surface area contributed by atoms with Gasteiger partial charge in [-0.25, -0.2) is 4.79 Å². The summed E-state index contributed by atoms with van der Waals surface area (Å²) in [6, 6.07) is 6.26. The van der Waals surface area contributed by atoms with Crippen molar-refractivity contribution in [3.63, 3.8) is 0 Å². The Morgan fingerprint density at radius 2 is 1.67 bits per heavy atom. The number of piperidine rings is 1. The molecule has 3 aliphatic rings. The predicted octanol–water partition coefficient (Wildman–Crippen LogP) is 6.75. The molecule has 1 aromatic heterocycles. The lowest BCUT2D eigenvalue weighted by Crippen LogP contribution is -2.50. The van der Waals surface area contributed by atoms with Crippen molar-refractivity contribution in [1.82, 2.24) is 19.7 Å². The fraction of sp³-hybridized carbons (Fsp3) is 0.562. The number of hydrogen-bond acceptors (Lipinski definition) is 4. The van der Waals surface area contributed by atoms with Gasteiger partial charge in [0.1, 0.15) is 6.54 Å². The van der Waals surface area contributed by atoms with Gasteiger partial charge in [0, 0.05) is 64.2 Å². The first-order valence-corrected chi connectivity index (χ1v) is 17.0. The Hall–Kier alpha value is -2.17. The summed E-state index contributed by atoms with van der Waals surface area (Å²) < 4.78 is 2.00. The number of carbonyl (C=O) groups excluding carboxylic acids is 2. The van der Waals surface area contributed by atoms with Crippen LogP contribution in [0.5, 0.6) is 0 Å². The molecule has 0 radical (unpaired) electrons. The number of carbonyl (C=O) groups is 3. The molecule has 1 N–H and O–H groups in total. The molecule has 0 saturated carbocycles. The quantitative estimate of drug-likeness (QED) is 0.367. The van der Waals surface area contributed by atoms with Crippen molar-refractivity contribution in [2.75, 3.05) is 32.7 Å². The average molecular weight is 739 g/mol. The van der Waals surface area contributed by atoms with Crippen LogP contribution in [-0.4, -0.2) is 81.0 Å². The van der Waals surface area contributed by atoms with Crippen molar-refractivity contribution in [1.29, 1.82) is 0 Å². The Morgan fingerprint density at radius 3 is 2.35 bits per heavy atom. The molecule has 2 aliphatic heterocycles. The molecule has 3 amide bonds. The van der Waals surface area contributed by atoms with Crippen LogP contribution in [0.4, 0.5) is 4.79 Å². The lowest BCUT2D eigenvalue weighted by atomic mass is 9.76. The molecule has 1 unspecified atom stereocenters. The van der Waals surface area contributed by atoms with E-state index in [1.807, 2.05) is 17.2 Å². The fourth-order valence-electron chi connectivity index (χ4n) is 6.94. The first-order chi connectivity index (χ1) is 20.3. The number of nitrogens with zero attached hydrogens (tertiary/aromatic N) is 4. The number of fused-ring (bicyclic) bond motifs is 2. The van der Waals surface area contributed by atoms with Crippen molar-refractivity contribution in [2.45, 2.75) is 70.8 Å². The normalized spacial score (nSPS) is 20.8. The van der Waals surface area contributed by atoms with Gasteiger partial charge in [-0.15, -0.1) is 0 Å². The minimum atomic E-state index is -1.11. The van der Waals surface area contributed by atoms with Gasteiger partial charge in [-0.1, -0.05) is 27.5 Å². The van der Waals surface area contributed by atoms with Gasteiger partial charge in [0.15, 0.2) is 0 Å². The zero-order valence-corrected chi connectivity index (χ0v) is 28.8. The molecule has 2 fully saturated rings. The van der Waals surface area contributed by atoms with Gasteiger partial charge < -0.3 is 14.9 Å².